The van der Waals surface area contributed by atoms with Gasteiger partial charge >= 0.3 is 5.97 Å². The van der Waals surface area contributed by atoms with Crippen LogP contribution in [0, 0.1) is 56.5 Å². The van der Waals surface area contributed by atoms with Gasteiger partial charge in [-0.2, -0.15) is 0 Å². The molecule has 5 nitrogen and oxygen atoms in total. The fraction of sp³-hybridized carbons (Fsp3) is 0.966. The van der Waals surface area contributed by atoms with Gasteiger partial charge in [0.25, 0.3) is 0 Å². The van der Waals surface area contributed by atoms with Crippen LogP contribution < -0.4 is 0 Å². The van der Waals surface area contributed by atoms with Crippen molar-refractivity contribution in [3.05, 3.63) is 10.1 Å². The van der Waals surface area contributed by atoms with Crippen molar-refractivity contribution in [2.24, 2.45) is 46.3 Å². The van der Waals surface area contributed by atoms with E-state index in [1.807, 2.05) is 0 Å². The molecule has 0 spiro atoms. The third kappa shape index (κ3) is 4.55. The van der Waals surface area contributed by atoms with Crippen LogP contribution in [0.2, 0.25) is 0 Å². The number of carbonyl (C=O) groups is 1. The van der Waals surface area contributed by atoms with Crippen molar-refractivity contribution in [3.8, 4) is 0 Å². The molecule has 0 amide bonds. The van der Waals surface area contributed by atoms with E-state index in [2.05, 4.69) is 34.6 Å². The van der Waals surface area contributed by atoms with Crippen molar-refractivity contribution in [2.45, 2.75) is 129 Å². The summed E-state index contributed by atoms with van der Waals surface area (Å²) in [5, 5.41) is 12.5. The molecule has 4 aliphatic carbocycles. The van der Waals surface area contributed by atoms with E-state index in [-0.39, 0.29) is 27.8 Å². The molecule has 4 saturated carbocycles. The molecule has 6 heteroatoms. The highest BCUT2D eigenvalue weighted by molar-refractivity contribution is 6.25. The zero-order valence-corrected chi connectivity index (χ0v) is 23.6. The number of ether oxygens (including phenoxy) is 1. The first-order chi connectivity index (χ1) is 16.3. The Labute approximate surface area is 217 Å². The van der Waals surface area contributed by atoms with E-state index in [0.717, 1.165) is 37.0 Å². The average molecular weight is 510 g/mol. The van der Waals surface area contributed by atoms with Crippen LogP contribution in [0.15, 0.2) is 0 Å². The van der Waals surface area contributed by atoms with Crippen LogP contribution in [0.25, 0.3) is 0 Å². The Kier molecular flexibility index (Phi) is 7.62. The summed E-state index contributed by atoms with van der Waals surface area (Å²) in [7, 11) is 0. The predicted octanol–water partition coefficient (Wildman–Crippen LogP) is 7.66. The number of nitro groups is 1. The van der Waals surface area contributed by atoms with E-state index in [0.29, 0.717) is 30.6 Å². The van der Waals surface area contributed by atoms with Crippen LogP contribution in [0.5, 0.6) is 0 Å². The largest absolute Gasteiger partial charge is 0.462 e. The third-order valence-electron chi connectivity index (χ3n) is 11.5. The van der Waals surface area contributed by atoms with E-state index < -0.39 is 10.9 Å². The van der Waals surface area contributed by atoms with Crippen LogP contribution in [-0.2, 0) is 9.53 Å². The molecule has 0 saturated heterocycles. The molecular formula is C29H48ClNO4. The number of nitrogens with zero attached hydrogens (tertiary/aromatic N) is 1. The number of halogens is 1. The van der Waals surface area contributed by atoms with Crippen LogP contribution in [0.4, 0.5) is 0 Å². The molecule has 35 heavy (non-hydrogen) atoms. The lowest BCUT2D eigenvalue weighted by atomic mass is 9.43. The molecule has 0 bridgehead atoms. The Morgan fingerprint density at radius 1 is 1.09 bits per heavy atom. The highest BCUT2D eigenvalue weighted by Crippen LogP contribution is 2.70. The van der Waals surface area contributed by atoms with E-state index in [1.54, 1.807) is 0 Å². The standard InChI is InChI=1S/C29H48ClNO4/c1-18(2)8-7-9-19(3)23-10-11-24-22-16-26(31(33)34)29(30)17-21(35-20(4)32)12-15-28(29,6)25(22)13-14-27(23,24)5/h18-19,21-26H,7-17H2,1-6H3. The van der Waals surface area contributed by atoms with E-state index in [1.165, 1.54) is 45.4 Å². The van der Waals surface area contributed by atoms with Crippen LogP contribution in [0.3, 0.4) is 0 Å². The maximum atomic E-state index is 12.5. The van der Waals surface area contributed by atoms with Gasteiger partial charge in [0.2, 0.25) is 6.04 Å². The molecule has 0 N–H and O–H groups in total. The van der Waals surface area contributed by atoms with E-state index in [9.17, 15) is 14.9 Å². The highest BCUT2D eigenvalue weighted by Gasteiger charge is 2.71. The van der Waals surface area contributed by atoms with E-state index >= 15 is 0 Å². The summed E-state index contributed by atoms with van der Waals surface area (Å²) >= 11 is 7.38. The second kappa shape index (κ2) is 9.80. The minimum atomic E-state index is -0.952. The van der Waals surface area contributed by atoms with Crippen molar-refractivity contribution in [2.75, 3.05) is 0 Å². The van der Waals surface area contributed by atoms with Gasteiger partial charge in [0.05, 0.1) is 0 Å². The molecule has 4 aliphatic rings. The van der Waals surface area contributed by atoms with Gasteiger partial charge in [0.1, 0.15) is 11.0 Å². The lowest BCUT2D eigenvalue weighted by molar-refractivity contribution is -0.543. The third-order valence-corrected chi connectivity index (χ3v) is 12.4. The summed E-state index contributed by atoms with van der Waals surface area (Å²) in [6.45, 7) is 13.3. The molecule has 200 valence electrons. The second-order valence-electron chi connectivity index (χ2n) is 13.7. The molecule has 4 fully saturated rings. The van der Waals surface area contributed by atoms with Crippen LogP contribution in [-0.4, -0.2) is 27.9 Å². The van der Waals surface area contributed by atoms with Crippen molar-refractivity contribution >= 4 is 17.6 Å². The lowest BCUT2D eigenvalue weighted by Gasteiger charge is -2.64. The number of rotatable bonds is 7. The van der Waals surface area contributed by atoms with Crippen LogP contribution in [0.1, 0.15) is 112 Å². The van der Waals surface area contributed by atoms with Gasteiger partial charge in [-0.15, -0.1) is 11.6 Å². The first kappa shape index (κ1) is 27.2. The summed E-state index contributed by atoms with van der Waals surface area (Å²) in [5.74, 6) is 3.24. The Hall–Kier alpha value is -0.840. The van der Waals surface area contributed by atoms with Crippen molar-refractivity contribution < 1.29 is 14.5 Å². The monoisotopic (exact) mass is 509 g/mol. The van der Waals surface area contributed by atoms with Crippen molar-refractivity contribution in [1.29, 1.82) is 0 Å². The SMILES string of the molecule is CC(=O)OC1CCC2(C)C3CCC4(C)C(C(C)CCCC(C)C)CCC4C3CC([N+](=O)[O-])C2(Cl)C1. The molecule has 0 aromatic heterocycles. The molecule has 0 heterocycles. The number of fused-ring (bicyclic) bond motifs is 5. The van der Waals surface area contributed by atoms with Gasteiger partial charge in [-0.05, 0) is 84.9 Å². The molecule has 0 aromatic rings. The zero-order valence-electron chi connectivity index (χ0n) is 22.9. The van der Waals surface area contributed by atoms with E-state index in [4.69, 9.17) is 16.3 Å². The van der Waals surface area contributed by atoms with Gasteiger partial charge in [-0.3, -0.25) is 14.9 Å². The number of esters is 1. The minimum Gasteiger partial charge on any atom is -0.462 e. The fourth-order valence-corrected chi connectivity index (χ4v) is 10.4. The Bertz CT molecular complexity index is 819. The topological polar surface area (TPSA) is 69.4 Å². The Balaban J connectivity index is 1.58. The highest BCUT2D eigenvalue weighted by atomic mass is 35.5. The summed E-state index contributed by atoms with van der Waals surface area (Å²) in [5.41, 5.74) is -0.00860. The molecule has 0 aromatic carbocycles. The number of carbonyl (C=O) groups excluding carboxylic acids is 1. The lowest BCUT2D eigenvalue weighted by Crippen LogP contribution is -2.67. The normalized spacial score (nSPS) is 45.8. The molecule has 10 atom stereocenters. The Morgan fingerprint density at radius 3 is 2.43 bits per heavy atom. The predicted molar refractivity (Wildman–Crippen MR) is 140 cm³/mol. The van der Waals surface area contributed by atoms with Gasteiger partial charge in [-0.25, -0.2) is 0 Å². The second-order valence-corrected chi connectivity index (χ2v) is 14.4. The smallest absolute Gasteiger partial charge is 0.302 e. The maximum Gasteiger partial charge on any atom is 0.302 e. The Morgan fingerprint density at radius 2 is 1.80 bits per heavy atom. The number of alkyl halides is 1. The molecule has 0 radical (unpaired) electrons. The van der Waals surface area contributed by atoms with Crippen molar-refractivity contribution in [1.82, 2.24) is 0 Å². The minimum absolute atomic E-state index is 0.0927. The summed E-state index contributed by atoms with van der Waals surface area (Å²) < 4.78 is 5.54. The summed E-state index contributed by atoms with van der Waals surface area (Å²) in [4.78, 5) is 23.1. The maximum absolute atomic E-state index is 12.5. The van der Waals surface area contributed by atoms with Gasteiger partial charge in [0, 0.05) is 24.7 Å². The van der Waals surface area contributed by atoms with Gasteiger partial charge in [0.15, 0.2) is 0 Å². The zero-order chi connectivity index (χ0) is 25.8. The first-order valence-electron chi connectivity index (χ1n) is 14.3. The van der Waals surface area contributed by atoms with Crippen molar-refractivity contribution in [3.63, 3.8) is 0 Å². The molecule has 10 unspecified atom stereocenters. The van der Waals surface area contributed by atoms with Gasteiger partial charge in [-0.1, -0.05) is 53.9 Å². The molecule has 0 aliphatic heterocycles. The average Bonchev–Trinajstić information content (AvgIpc) is 3.10. The first-order valence-corrected chi connectivity index (χ1v) is 14.7. The molecular weight excluding hydrogens is 462 g/mol. The number of hydrogen-bond acceptors (Lipinski definition) is 4. The quantitative estimate of drug-likeness (QED) is 0.153. The van der Waals surface area contributed by atoms with Crippen LogP contribution >= 0.6 is 11.6 Å². The number of hydrogen-bond donors (Lipinski definition) is 0. The summed E-state index contributed by atoms with van der Waals surface area (Å²) in [6, 6.07) is -0.779. The fourth-order valence-electron chi connectivity index (χ4n) is 9.81. The molecule has 4 rings (SSSR count). The van der Waals surface area contributed by atoms with Gasteiger partial charge < -0.3 is 4.74 Å². The summed E-state index contributed by atoms with van der Waals surface area (Å²) in [6.07, 6.45) is 11.0.